The molecule has 3 saturated heterocycles. The molecule has 4 aliphatic heterocycles. The number of likely N-dealkylation sites (tertiary alicyclic amines) is 1. The van der Waals surface area contributed by atoms with Crippen molar-refractivity contribution in [2.24, 2.45) is 11.3 Å². The van der Waals surface area contributed by atoms with Gasteiger partial charge in [0.25, 0.3) is 5.91 Å². The van der Waals surface area contributed by atoms with Crippen LogP contribution in [0.2, 0.25) is 0 Å². The number of fused-ring (bicyclic) bond motifs is 6. The standard InChI is InChI=1S/C51H64N8O7/c1-10-42(60)56-27-51(28-56)29-58(49(64)55(51)8)44(31(3)4)46(61)53-40-24-33-15-12-16-34(23-33)35-19-20-41-37(25-35)38(45(57(41)11-2)36-17-13-21-52-43(36)32(5)65-9)26-50(6,7)30-66-48(63)39-18-14-22-59(54-39)47(40)62/h10,12-13,15-17,19-21,23,25,31-32,39-40,44,54H,1,11,14,18,22,24,26-30H2,2-9H3,(H,53,61)/t32-,39-,40-,44?/m0/s1. The summed E-state index contributed by atoms with van der Waals surface area (Å²) in [5, 5.41) is 5.61. The Labute approximate surface area is 387 Å². The van der Waals surface area contributed by atoms with E-state index in [-0.39, 0.29) is 43.5 Å². The molecule has 8 rings (SSSR count). The van der Waals surface area contributed by atoms with Gasteiger partial charge in [-0.1, -0.05) is 64.6 Å². The summed E-state index contributed by atoms with van der Waals surface area (Å²) in [6.45, 7) is 17.8. The summed E-state index contributed by atoms with van der Waals surface area (Å²) in [5.41, 5.74) is 9.84. The maximum absolute atomic E-state index is 14.8. The van der Waals surface area contributed by atoms with Gasteiger partial charge in [0, 0.05) is 74.8 Å². The second-order valence-electron chi connectivity index (χ2n) is 19.6. The number of hydrazine groups is 1. The van der Waals surface area contributed by atoms with Gasteiger partial charge in [0.15, 0.2) is 0 Å². The molecule has 4 atom stereocenters. The second kappa shape index (κ2) is 18.3. The van der Waals surface area contributed by atoms with E-state index in [0.29, 0.717) is 45.4 Å². The number of aromatic nitrogens is 2. The number of carbonyl (C=O) groups is 5. The smallest absolute Gasteiger partial charge is 0.324 e. The summed E-state index contributed by atoms with van der Waals surface area (Å²) in [7, 11) is 3.39. The third kappa shape index (κ3) is 8.58. The number of methoxy groups -OCH3 is 1. The van der Waals surface area contributed by atoms with E-state index in [1.807, 2.05) is 39.0 Å². The predicted octanol–water partition coefficient (Wildman–Crippen LogP) is 5.91. The lowest BCUT2D eigenvalue weighted by Gasteiger charge is -2.50. The first kappa shape index (κ1) is 46.5. The summed E-state index contributed by atoms with van der Waals surface area (Å²) in [4.78, 5) is 79.3. The minimum Gasteiger partial charge on any atom is -0.464 e. The highest BCUT2D eigenvalue weighted by molar-refractivity contribution is 5.96. The van der Waals surface area contributed by atoms with E-state index in [1.54, 1.807) is 35.1 Å². The summed E-state index contributed by atoms with van der Waals surface area (Å²) in [6.07, 6.45) is 4.55. The van der Waals surface area contributed by atoms with E-state index in [2.05, 4.69) is 79.1 Å². The third-order valence-electron chi connectivity index (χ3n) is 14.0. The molecular weight excluding hydrogens is 837 g/mol. The van der Waals surface area contributed by atoms with Crippen molar-refractivity contribution in [3.05, 3.63) is 90.3 Å². The molecule has 4 aromatic rings. The van der Waals surface area contributed by atoms with Crippen LogP contribution in [-0.2, 0) is 48.0 Å². The number of hydrogen-bond donors (Lipinski definition) is 2. The van der Waals surface area contributed by atoms with Crippen molar-refractivity contribution >= 4 is 40.6 Å². The molecule has 0 radical (unpaired) electrons. The lowest BCUT2D eigenvalue weighted by Crippen LogP contribution is -2.70. The van der Waals surface area contributed by atoms with Gasteiger partial charge >= 0.3 is 12.0 Å². The van der Waals surface area contributed by atoms with Crippen LogP contribution in [0.25, 0.3) is 33.3 Å². The molecule has 2 aromatic carbocycles. The van der Waals surface area contributed by atoms with Crippen LogP contribution in [0.15, 0.2) is 73.4 Å². The third-order valence-corrected chi connectivity index (χ3v) is 14.0. The van der Waals surface area contributed by atoms with Gasteiger partial charge in [-0.05, 0) is 91.6 Å². The van der Waals surface area contributed by atoms with E-state index in [1.165, 1.54) is 11.1 Å². The Balaban J connectivity index is 1.19. The molecule has 0 aliphatic carbocycles. The number of benzene rings is 2. The molecule has 15 heteroatoms. The average molecular weight is 901 g/mol. The van der Waals surface area contributed by atoms with Gasteiger partial charge in [-0.3, -0.25) is 29.2 Å². The number of nitrogens with one attached hydrogen (secondary N) is 2. The molecule has 0 saturated carbocycles. The molecule has 350 valence electrons. The Kier molecular flexibility index (Phi) is 12.9. The van der Waals surface area contributed by atoms with Gasteiger partial charge in [0.05, 0.1) is 36.2 Å². The summed E-state index contributed by atoms with van der Waals surface area (Å²) >= 11 is 0. The van der Waals surface area contributed by atoms with Crippen LogP contribution >= 0.6 is 0 Å². The fourth-order valence-corrected chi connectivity index (χ4v) is 10.4. The Hall–Kier alpha value is -6.06. The highest BCUT2D eigenvalue weighted by atomic mass is 16.5. The first-order valence-corrected chi connectivity index (χ1v) is 23.2. The maximum atomic E-state index is 14.8. The highest BCUT2D eigenvalue weighted by Gasteiger charge is 2.58. The van der Waals surface area contributed by atoms with Crippen molar-refractivity contribution in [3.63, 3.8) is 0 Å². The van der Waals surface area contributed by atoms with E-state index < -0.39 is 46.9 Å². The second-order valence-corrected chi connectivity index (χ2v) is 19.6. The maximum Gasteiger partial charge on any atom is 0.324 e. The largest absolute Gasteiger partial charge is 0.464 e. The Morgan fingerprint density at radius 1 is 1.05 bits per heavy atom. The number of amides is 5. The average Bonchev–Trinajstić information content (AvgIpc) is 3.74. The van der Waals surface area contributed by atoms with E-state index >= 15 is 0 Å². The molecular formula is C51H64N8O7. The van der Waals surface area contributed by atoms with E-state index in [0.717, 1.165) is 50.1 Å². The Morgan fingerprint density at radius 3 is 2.52 bits per heavy atom. The van der Waals surface area contributed by atoms with Gasteiger partial charge in [-0.15, -0.1) is 0 Å². The highest BCUT2D eigenvalue weighted by Crippen LogP contribution is 2.42. The number of ether oxygens (including phenoxy) is 2. The first-order valence-electron chi connectivity index (χ1n) is 23.2. The van der Waals surface area contributed by atoms with Crippen LogP contribution < -0.4 is 10.7 Å². The lowest BCUT2D eigenvalue weighted by molar-refractivity contribution is -0.155. The normalized spacial score (nSPS) is 21.7. The number of hydrogen-bond acceptors (Lipinski definition) is 9. The molecule has 2 aromatic heterocycles. The zero-order valence-electron chi connectivity index (χ0n) is 39.6. The summed E-state index contributed by atoms with van der Waals surface area (Å²) in [6, 6.07) is 15.6. The predicted molar refractivity (Wildman–Crippen MR) is 252 cm³/mol. The molecule has 5 amide bonds. The van der Waals surface area contributed by atoms with Gasteiger partial charge in [0.1, 0.15) is 18.1 Å². The Bertz CT molecular complexity index is 2560. The van der Waals surface area contributed by atoms with Crippen LogP contribution in [-0.4, -0.2) is 130 Å². The van der Waals surface area contributed by atoms with E-state index in [4.69, 9.17) is 14.5 Å². The van der Waals surface area contributed by atoms with Crippen LogP contribution in [0.1, 0.15) is 77.3 Å². The number of nitrogens with zero attached hydrogens (tertiary/aromatic N) is 6. The van der Waals surface area contributed by atoms with Gasteiger partial charge in [0.2, 0.25) is 11.8 Å². The van der Waals surface area contributed by atoms with Crippen molar-refractivity contribution in [1.82, 2.24) is 40.0 Å². The quantitative estimate of drug-likeness (QED) is 0.154. The number of pyridine rings is 1. The molecule has 15 nitrogen and oxygen atoms in total. The molecule has 1 unspecified atom stereocenters. The van der Waals surface area contributed by atoms with Crippen molar-refractivity contribution in [3.8, 4) is 22.4 Å². The molecule has 2 N–H and O–H groups in total. The minimum absolute atomic E-state index is 0.135. The first-order chi connectivity index (χ1) is 31.5. The topological polar surface area (TPSA) is 159 Å². The molecule has 6 bridgehead atoms. The number of cyclic esters (lactones) is 1. The fourth-order valence-electron chi connectivity index (χ4n) is 10.4. The lowest BCUT2D eigenvalue weighted by atomic mass is 9.84. The number of aryl methyl sites for hydroxylation is 1. The van der Waals surface area contributed by atoms with Crippen LogP contribution in [0.3, 0.4) is 0 Å². The van der Waals surface area contributed by atoms with Crippen LogP contribution in [0.4, 0.5) is 4.79 Å². The van der Waals surface area contributed by atoms with E-state index in [9.17, 15) is 24.0 Å². The molecule has 4 aliphatic rings. The minimum atomic E-state index is -1.05. The number of urea groups is 1. The van der Waals surface area contributed by atoms with Crippen molar-refractivity contribution < 1.29 is 33.4 Å². The zero-order valence-corrected chi connectivity index (χ0v) is 39.6. The monoisotopic (exact) mass is 900 g/mol. The van der Waals surface area contributed by atoms with Crippen molar-refractivity contribution in [2.75, 3.05) is 46.9 Å². The molecule has 3 fully saturated rings. The summed E-state index contributed by atoms with van der Waals surface area (Å²) in [5.74, 6) is -1.83. The molecule has 6 heterocycles. The van der Waals surface area contributed by atoms with Crippen molar-refractivity contribution in [1.29, 1.82) is 0 Å². The van der Waals surface area contributed by atoms with Gasteiger partial charge in [-0.25, -0.2) is 10.2 Å². The SMILES string of the molecule is C=CC(=O)N1CC2(C1)CN(C(C(=O)N[C@H]1Cc3cccc(c3)-c3ccc4c(c3)c(c(-c3cccnc3[C@H](C)OC)n4CC)CC(C)(C)COC(=O)[C@@H]3CCCN(N3)C1=O)C(C)C)C(=O)N2C. The number of esters is 1. The van der Waals surface area contributed by atoms with Crippen molar-refractivity contribution in [2.45, 2.75) is 104 Å². The van der Waals surface area contributed by atoms with Crippen LogP contribution in [0.5, 0.6) is 0 Å². The number of rotatable bonds is 9. The molecule has 1 spiro atoms. The number of carbonyl (C=O) groups excluding carboxylic acids is 5. The van der Waals surface area contributed by atoms with Crippen LogP contribution in [0, 0.1) is 11.3 Å². The zero-order chi connectivity index (χ0) is 47.2. The Morgan fingerprint density at radius 2 is 1.80 bits per heavy atom. The molecule has 66 heavy (non-hydrogen) atoms. The van der Waals surface area contributed by atoms with Gasteiger partial charge in [-0.2, -0.15) is 0 Å². The fraction of sp³-hybridized carbons (Fsp3) is 0.490. The van der Waals surface area contributed by atoms with Gasteiger partial charge < -0.3 is 34.1 Å². The summed E-state index contributed by atoms with van der Waals surface area (Å²) < 4.78 is 14.3. The number of likely N-dealkylation sites (N-methyl/N-ethyl adjacent to an activating group) is 1.